The first kappa shape index (κ1) is 23.9. The number of amidine groups is 1. The zero-order valence-corrected chi connectivity index (χ0v) is 21.2. The van der Waals surface area contributed by atoms with Crippen LogP contribution in [0, 0.1) is 0 Å². The van der Waals surface area contributed by atoms with Crippen LogP contribution in [0.1, 0.15) is 25.0 Å². The summed E-state index contributed by atoms with van der Waals surface area (Å²) in [4.78, 5) is 21.5. The Morgan fingerprint density at radius 3 is 2.36 bits per heavy atom. The second-order valence-electron chi connectivity index (χ2n) is 8.72. The lowest BCUT2D eigenvalue weighted by molar-refractivity contribution is 0.388. The minimum atomic E-state index is -0.560. The summed E-state index contributed by atoms with van der Waals surface area (Å²) in [7, 11) is 0. The van der Waals surface area contributed by atoms with Gasteiger partial charge in [-0.2, -0.15) is 0 Å². The number of nitrogens with one attached hydrogen (secondary N) is 1. The summed E-state index contributed by atoms with van der Waals surface area (Å²) in [5.41, 5.74) is 7.87. The minimum Gasteiger partial charge on any atom is -0.343 e. The molecular weight excluding hydrogens is 468 g/mol. The summed E-state index contributed by atoms with van der Waals surface area (Å²) in [5.74, 6) is 0.852. The van der Waals surface area contributed by atoms with E-state index in [1.54, 1.807) is 11.8 Å². The number of rotatable bonds is 7. The first-order valence-corrected chi connectivity index (χ1v) is 13.0. The summed E-state index contributed by atoms with van der Waals surface area (Å²) in [6, 6.07) is 27.0. The van der Waals surface area contributed by atoms with Gasteiger partial charge in [0, 0.05) is 24.4 Å². The van der Waals surface area contributed by atoms with Crippen molar-refractivity contribution in [3.63, 3.8) is 0 Å². The Bertz CT molecular complexity index is 1450. The Morgan fingerprint density at radius 1 is 0.944 bits per heavy atom. The number of H-pyrrole nitrogens is 1. The van der Waals surface area contributed by atoms with Crippen LogP contribution in [0.4, 0.5) is 0 Å². The van der Waals surface area contributed by atoms with E-state index in [9.17, 15) is 4.79 Å². The van der Waals surface area contributed by atoms with Crippen molar-refractivity contribution in [2.45, 2.75) is 26.8 Å². The molecule has 0 amide bonds. The van der Waals surface area contributed by atoms with Crippen LogP contribution < -0.4 is 5.76 Å². The van der Waals surface area contributed by atoms with Crippen LogP contribution in [0.3, 0.4) is 0 Å². The maximum atomic E-state index is 11.5. The standard InChI is InChI=1S/C29H28N4O2S/c1-3-36-28-30-20(2)24(17-21-9-5-4-6-10-21)19-33(28)18-22-13-15-23(16-14-22)25-11-7-8-12-26(25)27-31-29(34)35-32-27/h4-16H,3,17-19H2,1-2H3,(H,31,32,34). The lowest BCUT2D eigenvalue weighted by Crippen LogP contribution is -2.34. The first-order valence-electron chi connectivity index (χ1n) is 12.0. The molecule has 6 nitrogen and oxygen atoms in total. The molecule has 0 fully saturated rings. The molecule has 0 aliphatic carbocycles. The number of hydrogen-bond donors (Lipinski definition) is 1. The minimum absolute atomic E-state index is 0.429. The van der Waals surface area contributed by atoms with Crippen LogP contribution in [0.5, 0.6) is 0 Å². The average Bonchev–Trinajstić information content (AvgIpc) is 3.34. The predicted octanol–water partition coefficient (Wildman–Crippen LogP) is 6.14. The molecule has 0 bridgehead atoms. The molecule has 1 aliphatic rings. The molecule has 36 heavy (non-hydrogen) atoms. The molecular formula is C29H28N4O2S. The van der Waals surface area contributed by atoms with E-state index in [1.807, 2.05) is 24.3 Å². The van der Waals surface area contributed by atoms with Crippen molar-refractivity contribution in [1.82, 2.24) is 15.0 Å². The zero-order chi connectivity index (χ0) is 24.9. The maximum absolute atomic E-state index is 11.5. The molecule has 1 aromatic heterocycles. The Morgan fingerprint density at radius 2 is 1.67 bits per heavy atom. The van der Waals surface area contributed by atoms with Gasteiger partial charge in [-0.15, -0.1) is 0 Å². The van der Waals surface area contributed by atoms with Crippen LogP contribution in [0.25, 0.3) is 22.5 Å². The quantitative estimate of drug-likeness (QED) is 0.333. The highest BCUT2D eigenvalue weighted by molar-refractivity contribution is 8.13. The fraction of sp³-hybridized carbons (Fsp3) is 0.207. The van der Waals surface area contributed by atoms with Crippen molar-refractivity contribution in [3.05, 3.63) is 112 Å². The molecule has 5 rings (SSSR count). The largest absolute Gasteiger partial charge is 0.439 e. The number of nitrogens with zero attached hydrogens (tertiary/aromatic N) is 3. The van der Waals surface area contributed by atoms with Gasteiger partial charge in [-0.05, 0) is 46.9 Å². The Hall–Kier alpha value is -3.84. The molecule has 0 saturated carbocycles. The van der Waals surface area contributed by atoms with E-state index in [0.29, 0.717) is 5.82 Å². The number of hydrogen-bond acceptors (Lipinski definition) is 6. The Kier molecular flexibility index (Phi) is 7.18. The third-order valence-electron chi connectivity index (χ3n) is 6.22. The fourth-order valence-electron chi connectivity index (χ4n) is 4.41. The van der Waals surface area contributed by atoms with Crippen LogP contribution in [0.15, 0.2) is 104 Å². The lowest BCUT2D eigenvalue weighted by atomic mass is 9.98. The lowest BCUT2D eigenvalue weighted by Gasteiger charge is -2.31. The van der Waals surface area contributed by atoms with Gasteiger partial charge in [0.2, 0.25) is 0 Å². The topological polar surface area (TPSA) is 74.5 Å². The summed E-state index contributed by atoms with van der Waals surface area (Å²) < 4.78 is 4.71. The number of benzene rings is 3. The van der Waals surface area contributed by atoms with Gasteiger partial charge in [0.15, 0.2) is 11.0 Å². The second-order valence-corrected chi connectivity index (χ2v) is 9.95. The molecule has 0 atom stereocenters. The normalized spacial score (nSPS) is 13.7. The van der Waals surface area contributed by atoms with Gasteiger partial charge in [0.25, 0.3) is 0 Å². The molecule has 0 radical (unpaired) electrons. The van der Waals surface area contributed by atoms with Crippen molar-refractivity contribution in [1.29, 1.82) is 0 Å². The monoisotopic (exact) mass is 496 g/mol. The number of aromatic amines is 1. The highest BCUT2D eigenvalue weighted by atomic mass is 32.2. The Balaban J connectivity index is 1.36. The fourth-order valence-corrected chi connectivity index (χ4v) is 5.18. The number of thioether (sulfide) groups is 1. The zero-order valence-electron chi connectivity index (χ0n) is 20.4. The predicted molar refractivity (Wildman–Crippen MR) is 147 cm³/mol. The maximum Gasteiger partial charge on any atom is 0.439 e. The smallest absolute Gasteiger partial charge is 0.343 e. The van der Waals surface area contributed by atoms with Crippen LogP contribution in [-0.4, -0.2) is 32.5 Å². The number of allylic oxidation sites excluding steroid dienone is 1. The number of aromatic nitrogens is 2. The highest BCUT2D eigenvalue weighted by Gasteiger charge is 2.21. The van der Waals surface area contributed by atoms with Crippen LogP contribution in [-0.2, 0) is 13.0 Å². The molecule has 0 unspecified atom stereocenters. The van der Waals surface area contributed by atoms with Crippen molar-refractivity contribution >= 4 is 16.9 Å². The molecule has 4 aromatic rings. The van der Waals surface area contributed by atoms with Gasteiger partial charge in [-0.25, -0.2) is 9.79 Å². The molecule has 2 heterocycles. The van der Waals surface area contributed by atoms with Gasteiger partial charge in [-0.3, -0.25) is 9.51 Å². The Labute approximate surface area is 214 Å². The van der Waals surface area contributed by atoms with E-state index in [1.165, 1.54) is 16.7 Å². The van der Waals surface area contributed by atoms with Crippen LogP contribution >= 0.6 is 11.8 Å². The molecule has 0 saturated heterocycles. The highest BCUT2D eigenvalue weighted by Crippen LogP contribution is 2.31. The van der Waals surface area contributed by atoms with Gasteiger partial charge in [0.05, 0.1) is 0 Å². The van der Waals surface area contributed by atoms with E-state index in [0.717, 1.165) is 52.8 Å². The van der Waals surface area contributed by atoms with Crippen molar-refractivity contribution < 1.29 is 4.52 Å². The average molecular weight is 497 g/mol. The third-order valence-corrected chi connectivity index (χ3v) is 7.12. The van der Waals surface area contributed by atoms with Crippen molar-refractivity contribution in [2.75, 3.05) is 12.3 Å². The van der Waals surface area contributed by atoms with E-state index < -0.39 is 5.76 Å². The number of aliphatic imine (C=N–C) groups is 1. The van der Waals surface area contributed by atoms with E-state index in [2.05, 4.69) is 83.5 Å². The summed E-state index contributed by atoms with van der Waals surface area (Å²) in [5, 5.41) is 4.95. The molecule has 1 aliphatic heterocycles. The van der Waals surface area contributed by atoms with Gasteiger partial charge in [-0.1, -0.05) is 103 Å². The second kappa shape index (κ2) is 10.8. The van der Waals surface area contributed by atoms with Crippen molar-refractivity contribution in [3.8, 4) is 22.5 Å². The summed E-state index contributed by atoms with van der Waals surface area (Å²) >= 11 is 1.79. The molecule has 0 spiro atoms. The molecule has 182 valence electrons. The SMILES string of the molecule is CCSC1=NC(C)=C(Cc2ccccc2)CN1Cc1ccc(-c2ccccc2-c2noc(=O)[nH]2)cc1. The third kappa shape index (κ3) is 5.36. The molecule has 7 heteroatoms. The van der Waals surface area contributed by atoms with Gasteiger partial charge >= 0.3 is 5.76 Å². The van der Waals surface area contributed by atoms with E-state index >= 15 is 0 Å². The van der Waals surface area contributed by atoms with E-state index in [4.69, 9.17) is 9.52 Å². The first-order chi connectivity index (χ1) is 17.6. The summed E-state index contributed by atoms with van der Waals surface area (Å²) in [6.07, 6.45) is 0.913. The molecule has 3 aromatic carbocycles. The van der Waals surface area contributed by atoms with Gasteiger partial charge < -0.3 is 4.90 Å². The van der Waals surface area contributed by atoms with Crippen LogP contribution in [0.2, 0.25) is 0 Å². The molecule has 1 N–H and O–H groups in total. The summed E-state index contributed by atoms with van der Waals surface area (Å²) in [6.45, 7) is 5.95. The van der Waals surface area contributed by atoms with Crippen molar-refractivity contribution in [2.24, 2.45) is 4.99 Å². The van der Waals surface area contributed by atoms with Gasteiger partial charge in [0.1, 0.15) is 0 Å². The van der Waals surface area contributed by atoms with E-state index in [-0.39, 0.29) is 0 Å².